The molecule has 0 spiro atoms. The van der Waals surface area contributed by atoms with Gasteiger partial charge in [0.25, 0.3) is 0 Å². The molecule has 0 aliphatic carbocycles. The SMILES string of the molecule is COc1cc(C(=O)c2c(-c3ccccc3)c(OC)c3ccccn23)ccc1NCC(=O)O. The maximum atomic E-state index is 13.8. The number of nitrogens with zero attached hydrogens (tertiary/aromatic N) is 1. The zero-order chi connectivity index (χ0) is 22.7. The van der Waals surface area contributed by atoms with Gasteiger partial charge in [-0.15, -0.1) is 0 Å². The molecule has 4 aromatic rings. The lowest BCUT2D eigenvalue weighted by Gasteiger charge is -2.12. The van der Waals surface area contributed by atoms with Crippen LogP contribution in [0.3, 0.4) is 0 Å². The minimum Gasteiger partial charge on any atom is -0.495 e. The summed E-state index contributed by atoms with van der Waals surface area (Å²) >= 11 is 0. The number of carboxylic acids is 1. The van der Waals surface area contributed by atoms with Gasteiger partial charge in [0.2, 0.25) is 5.78 Å². The average Bonchev–Trinajstić information content (AvgIpc) is 3.17. The van der Waals surface area contributed by atoms with E-state index in [0.717, 1.165) is 11.1 Å². The number of anilines is 1. The predicted octanol–water partition coefficient (Wildman–Crippen LogP) is 4.35. The molecule has 7 heteroatoms. The van der Waals surface area contributed by atoms with Crippen molar-refractivity contribution in [3.05, 3.63) is 84.2 Å². The first-order valence-corrected chi connectivity index (χ1v) is 9.96. The summed E-state index contributed by atoms with van der Waals surface area (Å²) in [4.78, 5) is 24.7. The fourth-order valence-electron chi connectivity index (χ4n) is 3.77. The predicted molar refractivity (Wildman–Crippen MR) is 122 cm³/mol. The lowest BCUT2D eigenvalue weighted by molar-refractivity contribution is -0.134. The molecular formula is C25H22N2O5. The van der Waals surface area contributed by atoms with Crippen molar-refractivity contribution < 1.29 is 24.2 Å². The number of aromatic nitrogens is 1. The summed E-state index contributed by atoms with van der Waals surface area (Å²) in [5.74, 6) is -0.207. The Hall–Kier alpha value is -4.26. The van der Waals surface area contributed by atoms with E-state index in [2.05, 4.69) is 5.32 Å². The van der Waals surface area contributed by atoms with E-state index in [1.54, 1.807) is 25.3 Å². The normalized spacial score (nSPS) is 10.7. The highest BCUT2D eigenvalue weighted by atomic mass is 16.5. The standard InChI is InChI=1S/C25H22N2O5/c1-31-20-14-17(11-12-18(20)26-15-21(28)29)24(30)23-22(16-8-4-3-5-9-16)25(32-2)19-10-6-7-13-27(19)23/h3-14,26H,15H2,1-2H3,(H,28,29). The fraction of sp³-hybridized carbons (Fsp3) is 0.120. The summed E-state index contributed by atoms with van der Waals surface area (Å²) in [6, 6.07) is 20.2. The van der Waals surface area contributed by atoms with Crippen LogP contribution in [0.1, 0.15) is 16.1 Å². The second-order valence-electron chi connectivity index (χ2n) is 7.07. The highest BCUT2D eigenvalue weighted by Crippen LogP contribution is 2.40. The molecule has 2 N–H and O–H groups in total. The number of ketones is 1. The Morgan fingerprint density at radius 1 is 0.969 bits per heavy atom. The lowest BCUT2D eigenvalue weighted by atomic mass is 9.99. The van der Waals surface area contributed by atoms with Crippen LogP contribution in [0.2, 0.25) is 0 Å². The second kappa shape index (κ2) is 8.85. The first kappa shape index (κ1) is 21.0. The monoisotopic (exact) mass is 430 g/mol. The molecule has 32 heavy (non-hydrogen) atoms. The van der Waals surface area contributed by atoms with E-state index in [-0.39, 0.29) is 12.3 Å². The lowest BCUT2D eigenvalue weighted by Crippen LogP contribution is -2.13. The summed E-state index contributed by atoms with van der Waals surface area (Å²) < 4.78 is 13.0. The van der Waals surface area contributed by atoms with Crippen molar-refractivity contribution in [1.82, 2.24) is 4.40 Å². The molecule has 0 saturated heterocycles. The molecule has 0 unspecified atom stereocenters. The molecule has 4 rings (SSSR count). The third-order valence-corrected chi connectivity index (χ3v) is 5.17. The first-order valence-electron chi connectivity index (χ1n) is 9.96. The molecule has 2 aromatic carbocycles. The van der Waals surface area contributed by atoms with Gasteiger partial charge < -0.3 is 24.3 Å². The highest BCUT2D eigenvalue weighted by Gasteiger charge is 2.26. The number of methoxy groups -OCH3 is 2. The van der Waals surface area contributed by atoms with Gasteiger partial charge in [-0.1, -0.05) is 36.4 Å². The molecular weight excluding hydrogens is 408 g/mol. The van der Waals surface area contributed by atoms with E-state index < -0.39 is 5.97 Å². The van der Waals surface area contributed by atoms with Gasteiger partial charge in [-0.2, -0.15) is 0 Å². The van der Waals surface area contributed by atoms with Crippen molar-refractivity contribution in [3.8, 4) is 22.6 Å². The van der Waals surface area contributed by atoms with Crippen LogP contribution >= 0.6 is 0 Å². The number of rotatable bonds is 8. The van der Waals surface area contributed by atoms with Gasteiger partial charge in [-0.3, -0.25) is 9.59 Å². The number of benzene rings is 2. The van der Waals surface area contributed by atoms with E-state index in [1.165, 1.54) is 7.11 Å². The molecule has 0 aliphatic rings. The van der Waals surface area contributed by atoms with Crippen molar-refractivity contribution in [2.24, 2.45) is 0 Å². The maximum Gasteiger partial charge on any atom is 0.322 e. The summed E-state index contributed by atoms with van der Waals surface area (Å²) in [5, 5.41) is 11.7. The van der Waals surface area contributed by atoms with E-state index in [4.69, 9.17) is 14.6 Å². The Balaban J connectivity index is 1.88. The van der Waals surface area contributed by atoms with Gasteiger partial charge in [-0.25, -0.2) is 0 Å². The third-order valence-electron chi connectivity index (χ3n) is 5.17. The van der Waals surface area contributed by atoms with Crippen molar-refractivity contribution in [3.63, 3.8) is 0 Å². The molecule has 0 amide bonds. The smallest absolute Gasteiger partial charge is 0.322 e. The highest BCUT2D eigenvalue weighted by molar-refractivity contribution is 6.14. The molecule has 0 radical (unpaired) electrons. The number of pyridine rings is 1. The van der Waals surface area contributed by atoms with Crippen LogP contribution in [0.5, 0.6) is 11.5 Å². The van der Waals surface area contributed by atoms with Crippen LogP contribution in [0.15, 0.2) is 72.9 Å². The van der Waals surface area contributed by atoms with Gasteiger partial charge in [0.05, 0.1) is 31.0 Å². The van der Waals surface area contributed by atoms with Crippen molar-refractivity contribution in [2.45, 2.75) is 0 Å². The molecule has 0 atom stereocenters. The summed E-state index contributed by atoms with van der Waals surface area (Å²) in [5.41, 5.74) is 3.72. The van der Waals surface area contributed by atoms with Gasteiger partial charge in [0.15, 0.2) is 5.75 Å². The van der Waals surface area contributed by atoms with Crippen molar-refractivity contribution in [1.29, 1.82) is 0 Å². The van der Waals surface area contributed by atoms with E-state index >= 15 is 0 Å². The number of hydrogen-bond acceptors (Lipinski definition) is 5. The van der Waals surface area contributed by atoms with E-state index in [0.29, 0.717) is 34.0 Å². The van der Waals surface area contributed by atoms with E-state index in [9.17, 15) is 9.59 Å². The number of hydrogen-bond donors (Lipinski definition) is 2. The number of fused-ring (bicyclic) bond motifs is 1. The summed E-state index contributed by atoms with van der Waals surface area (Å²) in [7, 11) is 3.07. The average molecular weight is 430 g/mol. The van der Waals surface area contributed by atoms with Crippen LogP contribution in [0, 0.1) is 0 Å². The molecule has 2 heterocycles. The van der Waals surface area contributed by atoms with Crippen molar-refractivity contribution >= 4 is 23.0 Å². The van der Waals surface area contributed by atoms with E-state index in [1.807, 2.05) is 59.1 Å². The van der Waals surface area contributed by atoms with Gasteiger partial charge >= 0.3 is 5.97 Å². The number of ether oxygens (including phenoxy) is 2. The first-order chi connectivity index (χ1) is 15.5. The number of carbonyl (C=O) groups is 2. The minimum atomic E-state index is -0.994. The Bertz CT molecular complexity index is 1290. The zero-order valence-corrected chi connectivity index (χ0v) is 17.7. The zero-order valence-electron chi connectivity index (χ0n) is 17.7. The molecule has 0 saturated carbocycles. The second-order valence-corrected chi connectivity index (χ2v) is 7.07. The number of carbonyl (C=O) groups excluding carboxylic acids is 1. The molecule has 162 valence electrons. The van der Waals surface area contributed by atoms with Crippen LogP contribution in [-0.2, 0) is 4.79 Å². The Morgan fingerprint density at radius 3 is 2.41 bits per heavy atom. The van der Waals surface area contributed by atoms with Crippen molar-refractivity contribution in [2.75, 3.05) is 26.1 Å². The number of aliphatic carboxylic acids is 1. The molecule has 7 nitrogen and oxygen atoms in total. The Kier molecular flexibility index (Phi) is 5.81. The molecule has 2 aromatic heterocycles. The maximum absolute atomic E-state index is 13.8. The van der Waals surface area contributed by atoms with Gasteiger partial charge in [0.1, 0.15) is 18.0 Å². The Morgan fingerprint density at radius 2 is 1.72 bits per heavy atom. The quantitative estimate of drug-likeness (QED) is 0.404. The topological polar surface area (TPSA) is 89.3 Å². The third kappa shape index (κ3) is 3.76. The molecule has 0 aliphatic heterocycles. The summed E-state index contributed by atoms with van der Waals surface area (Å²) in [6.45, 7) is -0.262. The molecule has 0 bridgehead atoms. The number of nitrogens with one attached hydrogen (secondary N) is 1. The van der Waals surface area contributed by atoms with Crippen LogP contribution in [0.25, 0.3) is 16.6 Å². The summed E-state index contributed by atoms with van der Waals surface area (Å²) in [6.07, 6.45) is 1.83. The van der Waals surface area contributed by atoms with Crippen LogP contribution < -0.4 is 14.8 Å². The largest absolute Gasteiger partial charge is 0.495 e. The number of carboxylic acid groups (broad SMARTS) is 1. The van der Waals surface area contributed by atoms with Gasteiger partial charge in [-0.05, 0) is 35.9 Å². The minimum absolute atomic E-state index is 0.212. The Labute approximate surface area is 184 Å². The van der Waals surface area contributed by atoms with Gasteiger partial charge in [0, 0.05) is 11.8 Å². The fourth-order valence-corrected chi connectivity index (χ4v) is 3.77. The van der Waals surface area contributed by atoms with Crippen LogP contribution in [-0.4, -0.2) is 42.0 Å². The molecule has 0 fully saturated rings. The van der Waals surface area contributed by atoms with Crippen LogP contribution in [0.4, 0.5) is 5.69 Å².